The third-order valence-corrected chi connectivity index (χ3v) is 6.01. The quantitative estimate of drug-likeness (QED) is 0.905. The first-order valence-corrected chi connectivity index (χ1v) is 9.36. The van der Waals surface area contributed by atoms with Gasteiger partial charge < -0.3 is 5.73 Å². The minimum absolute atomic E-state index is 0.212. The Bertz CT molecular complexity index is 634. The third-order valence-electron chi connectivity index (χ3n) is 6.01. The van der Waals surface area contributed by atoms with Crippen LogP contribution < -0.4 is 5.73 Å². The van der Waals surface area contributed by atoms with Gasteiger partial charge in [0.15, 0.2) is 0 Å². The van der Waals surface area contributed by atoms with Crippen molar-refractivity contribution in [2.24, 2.45) is 11.7 Å². The second-order valence-electron chi connectivity index (χ2n) is 7.76. The van der Waals surface area contributed by atoms with E-state index >= 15 is 0 Å². The molecule has 138 valence electrons. The predicted octanol–water partition coefficient (Wildman–Crippen LogP) is 3.25. The summed E-state index contributed by atoms with van der Waals surface area (Å²) in [4.78, 5) is 10.2. The molecule has 0 radical (unpaired) electrons. The Hall–Kier alpha value is -1.21. The van der Waals surface area contributed by atoms with Crippen molar-refractivity contribution in [1.82, 2.24) is 14.9 Å². The van der Waals surface area contributed by atoms with Crippen molar-refractivity contribution in [3.8, 4) is 0 Å². The number of hydrogen-bond donors (Lipinski definition) is 1. The largest absolute Gasteiger partial charge is 0.451 e. The summed E-state index contributed by atoms with van der Waals surface area (Å²) >= 11 is 0. The number of alkyl halides is 3. The molecule has 0 amide bonds. The van der Waals surface area contributed by atoms with Crippen molar-refractivity contribution in [1.29, 1.82) is 0 Å². The summed E-state index contributed by atoms with van der Waals surface area (Å²) in [6.45, 7) is 2.17. The summed E-state index contributed by atoms with van der Waals surface area (Å²) in [5.41, 5.74) is 8.03. The van der Waals surface area contributed by atoms with E-state index in [0.29, 0.717) is 29.9 Å². The highest BCUT2D eigenvalue weighted by Crippen LogP contribution is 2.43. The summed E-state index contributed by atoms with van der Waals surface area (Å²) in [5, 5.41) is 0. The molecule has 2 heterocycles. The maximum atomic E-state index is 13.2. The molecular weight excluding hydrogens is 329 g/mol. The molecule has 0 bridgehead atoms. The van der Waals surface area contributed by atoms with Crippen molar-refractivity contribution < 1.29 is 13.2 Å². The van der Waals surface area contributed by atoms with Gasteiger partial charge in [-0.25, -0.2) is 9.97 Å². The first-order valence-electron chi connectivity index (χ1n) is 9.36. The van der Waals surface area contributed by atoms with Gasteiger partial charge in [0, 0.05) is 25.0 Å². The van der Waals surface area contributed by atoms with Crippen LogP contribution in [0.25, 0.3) is 0 Å². The molecule has 2 aliphatic carbocycles. The first-order chi connectivity index (χ1) is 12.0. The highest BCUT2D eigenvalue weighted by atomic mass is 19.4. The SMILES string of the molecule is NCC1CCC(N2CCc3c(nc(C(F)(F)F)nc3C3CC3)C2)CC1. The Morgan fingerprint density at radius 2 is 1.76 bits per heavy atom. The Morgan fingerprint density at radius 3 is 2.36 bits per heavy atom. The zero-order chi connectivity index (χ0) is 17.6. The second kappa shape index (κ2) is 6.50. The average Bonchev–Trinajstić information content (AvgIpc) is 3.44. The molecule has 2 N–H and O–H groups in total. The van der Waals surface area contributed by atoms with Gasteiger partial charge in [-0.1, -0.05) is 0 Å². The van der Waals surface area contributed by atoms with Gasteiger partial charge in [-0.15, -0.1) is 0 Å². The normalized spacial score (nSPS) is 28.0. The Balaban J connectivity index is 1.56. The molecule has 1 aromatic rings. The van der Waals surface area contributed by atoms with Gasteiger partial charge >= 0.3 is 6.18 Å². The maximum absolute atomic E-state index is 13.2. The standard InChI is InChI=1S/C18H25F3N4/c19-18(20,21)17-23-15-10-25(13-5-1-11(9-22)2-6-13)8-7-14(15)16(24-17)12-3-4-12/h11-13H,1-10,22H2. The van der Waals surface area contributed by atoms with Gasteiger partial charge in [0.05, 0.1) is 11.4 Å². The van der Waals surface area contributed by atoms with Crippen LogP contribution in [0.4, 0.5) is 13.2 Å². The molecule has 4 nitrogen and oxygen atoms in total. The molecule has 2 saturated carbocycles. The molecule has 2 fully saturated rings. The molecule has 7 heteroatoms. The van der Waals surface area contributed by atoms with Crippen LogP contribution in [0.15, 0.2) is 0 Å². The highest BCUT2D eigenvalue weighted by Gasteiger charge is 2.40. The van der Waals surface area contributed by atoms with Gasteiger partial charge in [-0.3, -0.25) is 4.90 Å². The summed E-state index contributed by atoms with van der Waals surface area (Å²) < 4.78 is 39.6. The Labute approximate surface area is 146 Å². The number of aromatic nitrogens is 2. The van der Waals surface area contributed by atoms with Gasteiger partial charge in [0.1, 0.15) is 0 Å². The maximum Gasteiger partial charge on any atom is 0.451 e. The fraction of sp³-hybridized carbons (Fsp3) is 0.778. The topological polar surface area (TPSA) is 55.0 Å². The summed E-state index contributed by atoms with van der Waals surface area (Å²) in [5.74, 6) is -0.139. The Morgan fingerprint density at radius 1 is 1.04 bits per heavy atom. The van der Waals surface area contributed by atoms with Gasteiger partial charge in [-0.2, -0.15) is 13.2 Å². The van der Waals surface area contributed by atoms with Crippen molar-refractivity contribution in [3.63, 3.8) is 0 Å². The fourth-order valence-corrected chi connectivity index (χ4v) is 4.36. The second-order valence-corrected chi connectivity index (χ2v) is 7.76. The van der Waals surface area contributed by atoms with Gasteiger partial charge in [0.25, 0.3) is 0 Å². The van der Waals surface area contributed by atoms with Crippen LogP contribution in [0, 0.1) is 5.92 Å². The van der Waals surface area contributed by atoms with Gasteiger partial charge in [-0.05, 0) is 63.0 Å². The van der Waals surface area contributed by atoms with Crippen molar-refractivity contribution in [2.75, 3.05) is 13.1 Å². The molecule has 0 unspecified atom stereocenters. The molecule has 25 heavy (non-hydrogen) atoms. The van der Waals surface area contributed by atoms with Crippen LogP contribution in [0.2, 0.25) is 0 Å². The fourth-order valence-electron chi connectivity index (χ4n) is 4.36. The lowest BCUT2D eigenvalue weighted by molar-refractivity contribution is -0.145. The molecule has 1 aromatic heterocycles. The van der Waals surface area contributed by atoms with Crippen LogP contribution in [0.1, 0.15) is 67.2 Å². The zero-order valence-electron chi connectivity index (χ0n) is 14.4. The summed E-state index contributed by atoms with van der Waals surface area (Å²) in [7, 11) is 0. The first kappa shape index (κ1) is 17.2. The molecule has 4 rings (SSSR count). The zero-order valence-corrected chi connectivity index (χ0v) is 14.4. The number of fused-ring (bicyclic) bond motifs is 1. The molecule has 0 aromatic carbocycles. The van der Waals surface area contributed by atoms with Crippen LogP contribution in [0.5, 0.6) is 0 Å². The minimum atomic E-state index is -4.47. The predicted molar refractivity (Wildman–Crippen MR) is 87.9 cm³/mol. The van der Waals surface area contributed by atoms with E-state index in [2.05, 4.69) is 14.9 Å². The molecule has 0 saturated heterocycles. The van der Waals surface area contributed by atoms with E-state index in [1.807, 2.05) is 0 Å². The summed E-state index contributed by atoms with van der Waals surface area (Å²) in [6.07, 6.45) is 2.62. The van der Waals surface area contributed by atoms with E-state index in [1.54, 1.807) is 0 Å². The van der Waals surface area contributed by atoms with Crippen molar-refractivity contribution in [3.05, 3.63) is 22.8 Å². The van der Waals surface area contributed by atoms with Crippen LogP contribution in [0.3, 0.4) is 0 Å². The Kier molecular flexibility index (Phi) is 4.48. The lowest BCUT2D eigenvalue weighted by Crippen LogP contribution is -2.42. The minimum Gasteiger partial charge on any atom is -0.330 e. The van der Waals surface area contributed by atoms with E-state index in [9.17, 15) is 13.2 Å². The average molecular weight is 354 g/mol. The van der Waals surface area contributed by atoms with Crippen LogP contribution in [-0.4, -0.2) is 34.0 Å². The number of nitrogens with two attached hydrogens (primary N) is 1. The molecule has 1 aliphatic heterocycles. The highest BCUT2D eigenvalue weighted by molar-refractivity contribution is 5.33. The lowest BCUT2D eigenvalue weighted by atomic mass is 9.84. The van der Waals surface area contributed by atoms with E-state index < -0.39 is 12.0 Å². The number of halogens is 3. The monoisotopic (exact) mass is 354 g/mol. The molecule has 0 atom stereocenters. The smallest absolute Gasteiger partial charge is 0.330 e. The summed E-state index contributed by atoms with van der Waals surface area (Å²) in [6, 6.07) is 0.449. The van der Waals surface area contributed by atoms with Crippen molar-refractivity contribution >= 4 is 0 Å². The van der Waals surface area contributed by atoms with Gasteiger partial charge in [0.2, 0.25) is 5.82 Å². The van der Waals surface area contributed by atoms with Crippen LogP contribution in [-0.2, 0) is 19.1 Å². The molecule has 3 aliphatic rings. The van der Waals surface area contributed by atoms with Crippen LogP contribution >= 0.6 is 0 Å². The number of nitrogens with zero attached hydrogens (tertiary/aromatic N) is 3. The lowest BCUT2D eigenvalue weighted by Gasteiger charge is -2.39. The van der Waals surface area contributed by atoms with E-state index in [1.165, 1.54) is 0 Å². The third kappa shape index (κ3) is 3.53. The van der Waals surface area contributed by atoms with E-state index in [0.717, 1.165) is 63.6 Å². The molecular formula is C18H25F3N4. The van der Waals surface area contributed by atoms with Crippen molar-refractivity contribution in [2.45, 2.75) is 69.6 Å². The molecule has 0 spiro atoms. The number of rotatable bonds is 3. The van der Waals surface area contributed by atoms with E-state index in [-0.39, 0.29) is 5.92 Å². The number of hydrogen-bond acceptors (Lipinski definition) is 4. The van der Waals surface area contributed by atoms with E-state index in [4.69, 9.17) is 5.73 Å².